The summed E-state index contributed by atoms with van der Waals surface area (Å²) in [6.07, 6.45) is 0. The van der Waals surface area contributed by atoms with E-state index in [0.717, 1.165) is 11.3 Å². The molecule has 4 N–H and O–H groups in total. The van der Waals surface area contributed by atoms with Crippen LogP contribution in [0, 0.1) is 0 Å². The van der Waals surface area contributed by atoms with Crippen molar-refractivity contribution in [2.75, 3.05) is 5.73 Å². The first kappa shape index (κ1) is 18.3. The molecular weight excluding hydrogens is 314 g/mol. The highest BCUT2D eigenvalue weighted by Crippen LogP contribution is 2.22. The van der Waals surface area contributed by atoms with Gasteiger partial charge in [-0.1, -0.05) is 57.2 Å². The largest absolute Gasteiger partial charge is 0.399 e. The molecular formula is C20H27N3S. The summed E-state index contributed by atoms with van der Waals surface area (Å²) in [4.78, 5) is 0. The zero-order chi connectivity index (χ0) is 17.7. The standard InChI is InChI=1S/C20H27N3S/c1-14(16-7-11-18(21)12-8-16)23-19(24)22-13-15-5-9-17(10-6-15)20(2,3)4/h5-12,14H,13,21H2,1-4H3,(H2,22,23,24)/t14-/m1/s1. The SMILES string of the molecule is C[C@@H](NC(=S)NCc1ccc(C(C)(C)C)cc1)c1ccc(N)cc1. The molecule has 0 aliphatic carbocycles. The van der Waals surface area contributed by atoms with Crippen molar-refractivity contribution < 1.29 is 0 Å². The van der Waals surface area contributed by atoms with E-state index in [-0.39, 0.29) is 11.5 Å². The summed E-state index contributed by atoms with van der Waals surface area (Å²) in [5.74, 6) is 0. The van der Waals surface area contributed by atoms with Gasteiger partial charge < -0.3 is 16.4 Å². The lowest BCUT2D eigenvalue weighted by Crippen LogP contribution is -2.36. The maximum absolute atomic E-state index is 5.72. The first-order valence-electron chi connectivity index (χ1n) is 8.25. The molecule has 4 heteroatoms. The molecule has 2 aromatic rings. The van der Waals surface area contributed by atoms with Gasteiger partial charge in [0.05, 0.1) is 6.04 Å². The van der Waals surface area contributed by atoms with Crippen molar-refractivity contribution in [3.8, 4) is 0 Å². The zero-order valence-electron chi connectivity index (χ0n) is 14.9. The van der Waals surface area contributed by atoms with Gasteiger partial charge >= 0.3 is 0 Å². The second-order valence-corrected chi connectivity index (χ2v) is 7.57. The lowest BCUT2D eigenvalue weighted by atomic mass is 9.87. The van der Waals surface area contributed by atoms with Gasteiger partial charge in [-0.3, -0.25) is 0 Å². The summed E-state index contributed by atoms with van der Waals surface area (Å²) in [6, 6.07) is 16.6. The fourth-order valence-corrected chi connectivity index (χ4v) is 2.67. The van der Waals surface area contributed by atoms with E-state index in [1.54, 1.807) is 0 Å². The second kappa shape index (κ2) is 7.67. The van der Waals surface area contributed by atoms with Crippen LogP contribution in [0.5, 0.6) is 0 Å². The Morgan fingerprint density at radius 3 is 2.17 bits per heavy atom. The Bertz CT molecular complexity index is 670. The van der Waals surface area contributed by atoms with Gasteiger partial charge in [0.25, 0.3) is 0 Å². The van der Waals surface area contributed by atoms with Crippen molar-refractivity contribution >= 4 is 23.0 Å². The Balaban J connectivity index is 1.85. The Morgan fingerprint density at radius 2 is 1.62 bits per heavy atom. The molecule has 0 bridgehead atoms. The molecule has 0 fully saturated rings. The van der Waals surface area contributed by atoms with Gasteiger partial charge in [-0.05, 0) is 53.4 Å². The lowest BCUT2D eigenvalue weighted by Gasteiger charge is -2.20. The van der Waals surface area contributed by atoms with E-state index in [9.17, 15) is 0 Å². The second-order valence-electron chi connectivity index (χ2n) is 7.16. The number of nitrogens with two attached hydrogens (primary N) is 1. The molecule has 0 amide bonds. The van der Waals surface area contributed by atoms with Crippen LogP contribution in [0.1, 0.15) is 50.4 Å². The van der Waals surface area contributed by atoms with Crippen LogP contribution in [0.2, 0.25) is 0 Å². The van der Waals surface area contributed by atoms with Crippen LogP contribution in [-0.4, -0.2) is 5.11 Å². The molecule has 0 unspecified atom stereocenters. The molecule has 2 rings (SSSR count). The van der Waals surface area contributed by atoms with Crippen LogP contribution in [0.25, 0.3) is 0 Å². The van der Waals surface area contributed by atoms with Crippen molar-refractivity contribution in [1.29, 1.82) is 0 Å². The summed E-state index contributed by atoms with van der Waals surface area (Å²) in [5.41, 5.74) is 10.4. The van der Waals surface area contributed by atoms with Gasteiger partial charge in [0.1, 0.15) is 0 Å². The molecule has 0 aliphatic rings. The summed E-state index contributed by atoms with van der Waals surface area (Å²) in [5, 5.41) is 7.22. The Labute approximate surface area is 150 Å². The smallest absolute Gasteiger partial charge is 0.167 e. The molecule has 1 atom stereocenters. The molecule has 24 heavy (non-hydrogen) atoms. The van der Waals surface area contributed by atoms with E-state index < -0.39 is 0 Å². The van der Waals surface area contributed by atoms with E-state index in [0.29, 0.717) is 11.7 Å². The first-order chi connectivity index (χ1) is 11.3. The molecule has 2 aromatic carbocycles. The van der Waals surface area contributed by atoms with Crippen LogP contribution >= 0.6 is 12.2 Å². The summed E-state index contributed by atoms with van der Waals surface area (Å²) < 4.78 is 0. The average Bonchev–Trinajstić information content (AvgIpc) is 2.53. The molecule has 0 saturated heterocycles. The van der Waals surface area contributed by atoms with Gasteiger partial charge in [0, 0.05) is 12.2 Å². The number of rotatable bonds is 4. The van der Waals surface area contributed by atoms with Gasteiger partial charge in [0.15, 0.2) is 5.11 Å². The number of hydrogen-bond acceptors (Lipinski definition) is 2. The minimum absolute atomic E-state index is 0.133. The molecule has 0 aromatic heterocycles. The van der Waals surface area contributed by atoms with Gasteiger partial charge in [0.2, 0.25) is 0 Å². The maximum atomic E-state index is 5.72. The number of benzene rings is 2. The van der Waals surface area contributed by atoms with Crippen LogP contribution in [0.15, 0.2) is 48.5 Å². The average molecular weight is 342 g/mol. The molecule has 0 spiro atoms. The van der Waals surface area contributed by atoms with Crippen molar-refractivity contribution in [2.24, 2.45) is 0 Å². The van der Waals surface area contributed by atoms with Crippen LogP contribution in [-0.2, 0) is 12.0 Å². The number of thiocarbonyl (C=S) groups is 1. The third-order valence-corrected chi connectivity index (χ3v) is 4.32. The highest BCUT2D eigenvalue weighted by atomic mass is 32.1. The fraction of sp³-hybridized carbons (Fsp3) is 0.350. The topological polar surface area (TPSA) is 50.1 Å². The molecule has 0 heterocycles. The van der Waals surface area contributed by atoms with Crippen molar-refractivity contribution in [3.05, 3.63) is 65.2 Å². The summed E-state index contributed by atoms with van der Waals surface area (Å²) in [7, 11) is 0. The van der Waals surface area contributed by atoms with E-state index in [2.05, 4.69) is 62.6 Å². The number of nitrogens with one attached hydrogen (secondary N) is 2. The third-order valence-electron chi connectivity index (χ3n) is 4.06. The Kier molecular flexibility index (Phi) is 5.84. The van der Waals surface area contributed by atoms with Crippen LogP contribution < -0.4 is 16.4 Å². The summed E-state index contributed by atoms with van der Waals surface area (Å²) in [6.45, 7) is 9.45. The van der Waals surface area contributed by atoms with E-state index in [1.165, 1.54) is 11.1 Å². The zero-order valence-corrected chi connectivity index (χ0v) is 15.7. The highest BCUT2D eigenvalue weighted by Gasteiger charge is 2.13. The van der Waals surface area contributed by atoms with Gasteiger partial charge in [-0.15, -0.1) is 0 Å². The third kappa shape index (κ3) is 5.24. The quantitative estimate of drug-likeness (QED) is 0.573. The van der Waals surface area contributed by atoms with Crippen LogP contribution in [0.4, 0.5) is 5.69 Å². The predicted molar refractivity (Wildman–Crippen MR) is 107 cm³/mol. The highest BCUT2D eigenvalue weighted by molar-refractivity contribution is 7.80. The van der Waals surface area contributed by atoms with Gasteiger partial charge in [-0.25, -0.2) is 0 Å². The number of anilines is 1. The van der Waals surface area contributed by atoms with E-state index >= 15 is 0 Å². The fourth-order valence-electron chi connectivity index (χ4n) is 2.42. The maximum Gasteiger partial charge on any atom is 0.167 e. The minimum atomic E-state index is 0.133. The van der Waals surface area contributed by atoms with E-state index in [1.807, 2.05) is 24.3 Å². The van der Waals surface area contributed by atoms with Gasteiger partial charge in [-0.2, -0.15) is 0 Å². The van der Waals surface area contributed by atoms with Crippen LogP contribution in [0.3, 0.4) is 0 Å². The molecule has 0 aliphatic heterocycles. The lowest BCUT2D eigenvalue weighted by molar-refractivity contribution is 0.590. The molecule has 3 nitrogen and oxygen atoms in total. The van der Waals surface area contributed by atoms with E-state index in [4.69, 9.17) is 18.0 Å². The normalized spacial score (nSPS) is 12.5. The number of nitrogen functional groups attached to an aromatic ring is 1. The first-order valence-corrected chi connectivity index (χ1v) is 8.66. The Morgan fingerprint density at radius 1 is 1.04 bits per heavy atom. The van der Waals surface area contributed by atoms with Crippen molar-refractivity contribution in [1.82, 2.24) is 10.6 Å². The van der Waals surface area contributed by atoms with Crippen molar-refractivity contribution in [2.45, 2.75) is 45.7 Å². The monoisotopic (exact) mass is 341 g/mol. The Hall–Kier alpha value is -2.07. The minimum Gasteiger partial charge on any atom is -0.399 e. The predicted octanol–water partition coefficient (Wildman–Crippen LogP) is 4.29. The number of hydrogen-bond donors (Lipinski definition) is 3. The molecule has 0 radical (unpaired) electrons. The molecule has 0 saturated carbocycles. The molecule has 128 valence electrons. The summed E-state index contributed by atoms with van der Waals surface area (Å²) >= 11 is 5.39. The van der Waals surface area contributed by atoms with Crippen molar-refractivity contribution in [3.63, 3.8) is 0 Å².